The van der Waals surface area contributed by atoms with Crippen molar-refractivity contribution in [3.63, 3.8) is 0 Å². The quantitative estimate of drug-likeness (QED) is 0.643. The lowest BCUT2D eigenvalue weighted by Crippen LogP contribution is -2.31. The van der Waals surface area contributed by atoms with Crippen molar-refractivity contribution in [3.8, 4) is 5.75 Å². The molecule has 0 radical (unpaired) electrons. The Morgan fingerprint density at radius 1 is 1.00 bits per heavy atom. The first kappa shape index (κ1) is 21.3. The smallest absolute Gasteiger partial charge is 0.255 e. The number of hydrogen-bond acceptors (Lipinski definition) is 5. The van der Waals surface area contributed by atoms with E-state index in [2.05, 4.69) is 10.2 Å². The van der Waals surface area contributed by atoms with Crippen LogP contribution in [0.2, 0.25) is 0 Å². The molecule has 29 heavy (non-hydrogen) atoms. The second-order valence-electron chi connectivity index (χ2n) is 7.15. The highest BCUT2D eigenvalue weighted by Gasteiger charge is 2.11. The first-order valence-corrected chi connectivity index (χ1v) is 11.4. The van der Waals surface area contributed by atoms with Gasteiger partial charge in [0.05, 0.1) is 11.5 Å². The zero-order valence-corrected chi connectivity index (χ0v) is 17.2. The number of likely N-dealkylation sites (tertiary alicyclic amines) is 1. The number of sulfonamides is 1. The molecule has 2 aromatic rings. The minimum absolute atomic E-state index is 0.00251. The number of hydrogen-bond donors (Lipinski definition) is 2. The molecule has 1 aliphatic heterocycles. The Morgan fingerprint density at radius 2 is 1.66 bits per heavy atom. The molecule has 0 aliphatic carbocycles. The van der Waals surface area contributed by atoms with Gasteiger partial charge in [0.25, 0.3) is 5.91 Å². The van der Waals surface area contributed by atoms with Gasteiger partial charge in [0.2, 0.25) is 10.0 Å². The number of rotatable bonds is 8. The molecule has 8 heteroatoms. The van der Waals surface area contributed by atoms with Crippen LogP contribution in [0, 0.1) is 0 Å². The number of carbonyl (C=O) groups excluding carboxylic acids is 1. The normalized spacial score (nSPS) is 15.1. The summed E-state index contributed by atoms with van der Waals surface area (Å²) in [6.45, 7) is 4.09. The van der Waals surface area contributed by atoms with E-state index in [9.17, 15) is 13.2 Å². The van der Waals surface area contributed by atoms with Gasteiger partial charge in [-0.15, -0.1) is 0 Å². The van der Waals surface area contributed by atoms with Crippen LogP contribution in [0.15, 0.2) is 53.4 Å². The lowest BCUT2D eigenvalue weighted by molar-refractivity contribution is 0.102. The minimum Gasteiger partial charge on any atom is -0.494 e. The zero-order chi connectivity index (χ0) is 20.7. The van der Waals surface area contributed by atoms with E-state index in [1.807, 2.05) is 0 Å². The Bertz CT molecular complexity index is 906. The number of benzene rings is 2. The molecule has 0 aromatic heterocycles. The van der Waals surface area contributed by atoms with E-state index in [-0.39, 0.29) is 10.8 Å². The van der Waals surface area contributed by atoms with Crippen molar-refractivity contribution in [2.75, 3.05) is 31.6 Å². The Kier molecular flexibility index (Phi) is 7.24. The molecule has 3 rings (SSSR count). The summed E-state index contributed by atoms with van der Waals surface area (Å²) >= 11 is 0. The van der Waals surface area contributed by atoms with Gasteiger partial charge < -0.3 is 15.0 Å². The molecule has 0 saturated carbocycles. The monoisotopic (exact) mass is 417 g/mol. The maximum absolute atomic E-state index is 12.3. The maximum Gasteiger partial charge on any atom is 0.255 e. The zero-order valence-electron chi connectivity index (χ0n) is 16.3. The first-order chi connectivity index (χ1) is 13.9. The van der Waals surface area contributed by atoms with Crippen molar-refractivity contribution in [1.29, 1.82) is 0 Å². The summed E-state index contributed by atoms with van der Waals surface area (Å²) in [6, 6.07) is 12.7. The molecule has 1 aliphatic rings. The largest absolute Gasteiger partial charge is 0.494 e. The van der Waals surface area contributed by atoms with Gasteiger partial charge in [-0.3, -0.25) is 4.79 Å². The third-order valence-electron chi connectivity index (χ3n) is 4.89. The molecule has 0 spiro atoms. The fourth-order valence-corrected chi connectivity index (χ4v) is 3.81. The van der Waals surface area contributed by atoms with E-state index in [4.69, 9.17) is 9.88 Å². The van der Waals surface area contributed by atoms with Crippen molar-refractivity contribution in [2.24, 2.45) is 5.14 Å². The maximum atomic E-state index is 12.3. The molecule has 156 valence electrons. The summed E-state index contributed by atoms with van der Waals surface area (Å²) < 4.78 is 28.3. The van der Waals surface area contributed by atoms with Crippen LogP contribution < -0.4 is 15.2 Å². The van der Waals surface area contributed by atoms with E-state index in [0.717, 1.165) is 18.7 Å². The standard InChI is InChI=1S/C21H27N3O4S/c22-29(26,27)20-11-7-18(8-12-20)23-21(25)17-5-9-19(10-6-17)28-16-4-15-24-13-2-1-3-14-24/h5-12H,1-4,13-16H2,(H,23,25)(H2,22,26,27). The van der Waals surface area contributed by atoms with Gasteiger partial charge >= 0.3 is 0 Å². The highest BCUT2D eigenvalue weighted by molar-refractivity contribution is 7.89. The van der Waals surface area contributed by atoms with Crippen molar-refractivity contribution in [2.45, 2.75) is 30.6 Å². The molecule has 0 atom stereocenters. The SMILES string of the molecule is NS(=O)(=O)c1ccc(NC(=O)c2ccc(OCCCN3CCCCC3)cc2)cc1. The van der Waals surface area contributed by atoms with E-state index < -0.39 is 10.0 Å². The van der Waals surface area contributed by atoms with Crippen LogP contribution >= 0.6 is 0 Å². The Labute approximate surface area is 171 Å². The van der Waals surface area contributed by atoms with Crippen LogP contribution in [0.1, 0.15) is 36.0 Å². The number of primary sulfonamides is 1. The molecule has 7 nitrogen and oxygen atoms in total. The predicted octanol–water partition coefficient (Wildman–Crippen LogP) is 2.84. The van der Waals surface area contributed by atoms with Crippen molar-refractivity contribution >= 4 is 21.6 Å². The number of ether oxygens (including phenoxy) is 1. The van der Waals surface area contributed by atoms with Crippen LogP contribution in [-0.2, 0) is 10.0 Å². The van der Waals surface area contributed by atoms with Crippen LogP contribution in [0.25, 0.3) is 0 Å². The summed E-state index contributed by atoms with van der Waals surface area (Å²) in [5.41, 5.74) is 0.974. The van der Waals surface area contributed by atoms with Gasteiger partial charge in [-0.25, -0.2) is 13.6 Å². The molecule has 0 unspecified atom stereocenters. The lowest BCUT2D eigenvalue weighted by Gasteiger charge is -2.26. The number of nitrogens with zero attached hydrogens (tertiary/aromatic N) is 1. The van der Waals surface area contributed by atoms with Crippen molar-refractivity contribution < 1.29 is 17.9 Å². The second-order valence-corrected chi connectivity index (χ2v) is 8.71. The average Bonchev–Trinajstić information content (AvgIpc) is 2.72. The molecule has 1 amide bonds. The minimum atomic E-state index is -3.75. The third kappa shape index (κ3) is 6.56. The predicted molar refractivity (Wildman–Crippen MR) is 113 cm³/mol. The molecule has 3 N–H and O–H groups in total. The Balaban J connectivity index is 1.45. The molecule has 0 bridgehead atoms. The fraction of sp³-hybridized carbons (Fsp3) is 0.381. The van der Waals surface area contributed by atoms with E-state index in [0.29, 0.717) is 17.9 Å². The average molecular weight is 418 g/mol. The number of anilines is 1. The molecule has 2 aromatic carbocycles. The highest BCUT2D eigenvalue weighted by atomic mass is 32.2. The summed E-state index contributed by atoms with van der Waals surface area (Å²) in [6.07, 6.45) is 4.91. The van der Waals surface area contributed by atoms with Crippen LogP contribution in [-0.4, -0.2) is 45.5 Å². The van der Waals surface area contributed by atoms with Crippen molar-refractivity contribution in [1.82, 2.24) is 4.90 Å². The molecule has 1 fully saturated rings. The number of nitrogens with one attached hydrogen (secondary N) is 1. The summed E-state index contributed by atoms with van der Waals surface area (Å²) in [5.74, 6) is 0.447. The van der Waals surface area contributed by atoms with Crippen molar-refractivity contribution in [3.05, 3.63) is 54.1 Å². The topological polar surface area (TPSA) is 102 Å². The van der Waals surface area contributed by atoms with Gasteiger partial charge in [-0.05, 0) is 80.9 Å². The van der Waals surface area contributed by atoms with E-state index >= 15 is 0 Å². The second kappa shape index (κ2) is 9.87. The van der Waals surface area contributed by atoms with Gasteiger partial charge in [0, 0.05) is 17.8 Å². The first-order valence-electron chi connectivity index (χ1n) is 9.81. The Hall–Kier alpha value is -2.42. The number of piperidine rings is 1. The number of nitrogens with two attached hydrogens (primary N) is 1. The number of amides is 1. The summed E-state index contributed by atoms with van der Waals surface area (Å²) in [5, 5.41) is 7.79. The van der Waals surface area contributed by atoms with E-state index in [1.165, 1.54) is 56.6 Å². The Morgan fingerprint density at radius 3 is 2.28 bits per heavy atom. The molecular formula is C21H27N3O4S. The fourth-order valence-electron chi connectivity index (χ4n) is 3.29. The molecule has 1 saturated heterocycles. The lowest BCUT2D eigenvalue weighted by atomic mass is 10.1. The number of carbonyl (C=O) groups is 1. The molecular weight excluding hydrogens is 390 g/mol. The van der Waals surface area contributed by atoms with Crippen LogP contribution in [0.4, 0.5) is 5.69 Å². The van der Waals surface area contributed by atoms with Crippen LogP contribution in [0.5, 0.6) is 5.75 Å². The van der Waals surface area contributed by atoms with Gasteiger partial charge in [-0.2, -0.15) is 0 Å². The summed E-state index contributed by atoms with van der Waals surface area (Å²) in [7, 11) is -3.75. The van der Waals surface area contributed by atoms with Gasteiger partial charge in [0.15, 0.2) is 0 Å². The van der Waals surface area contributed by atoms with E-state index in [1.54, 1.807) is 24.3 Å². The highest BCUT2D eigenvalue weighted by Crippen LogP contribution is 2.16. The van der Waals surface area contributed by atoms with Gasteiger partial charge in [0.1, 0.15) is 5.75 Å². The van der Waals surface area contributed by atoms with Gasteiger partial charge in [-0.1, -0.05) is 6.42 Å². The summed E-state index contributed by atoms with van der Waals surface area (Å²) in [4.78, 5) is 14.8. The third-order valence-corrected chi connectivity index (χ3v) is 5.82. The molecule has 1 heterocycles. The van der Waals surface area contributed by atoms with Crippen LogP contribution in [0.3, 0.4) is 0 Å².